The lowest BCUT2D eigenvalue weighted by atomic mass is 9.98. The molecule has 0 aromatic rings. The summed E-state index contributed by atoms with van der Waals surface area (Å²) >= 11 is 0. The van der Waals surface area contributed by atoms with E-state index in [1.807, 2.05) is 0 Å². The maximum Gasteiger partial charge on any atom is 0.395 e. The largest absolute Gasteiger partial charge is 0.395 e. The van der Waals surface area contributed by atoms with Crippen molar-refractivity contribution in [3.8, 4) is 0 Å². The topological polar surface area (TPSA) is 88.6 Å². The van der Waals surface area contributed by atoms with Gasteiger partial charge in [0.1, 0.15) is 0 Å². The zero-order valence-electron chi connectivity index (χ0n) is 21.7. The number of halogens is 12. The highest BCUT2D eigenvalue weighted by Gasteiger charge is 2.48. The van der Waals surface area contributed by atoms with E-state index < -0.39 is 60.6 Å². The van der Waals surface area contributed by atoms with Crippen molar-refractivity contribution in [3.05, 3.63) is 0 Å². The second-order valence-electron chi connectivity index (χ2n) is 10.3. The van der Waals surface area contributed by atoms with Crippen LogP contribution >= 0.6 is 0 Å². The van der Waals surface area contributed by atoms with Gasteiger partial charge in [-0.15, -0.1) is 0 Å². The molecule has 0 aliphatic carbocycles. The fraction of sp³-hybridized carbons (Fsp3) is 1.00. The molecule has 8 atom stereocenters. The van der Waals surface area contributed by atoms with E-state index in [4.69, 9.17) is 10.2 Å². The quantitative estimate of drug-likeness (QED) is 0.235. The second-order valence-corrected chi connectivity index (χ2v) is 10.3. The Kier molecular flexibility index (Phi) is 13.8. The number of rotatable bonds is 0. The van der Waals surface area contributed by atoms with Gasteiger partial charge >= 0.3 is 24.7 Å². The molecule has 40 heavy (non-hydrogen) atoms. The second kappa shape index (κ2) is 14.9. The average molecular weight is 617 g/mol. The summed E-state index contributed by atoms with van der Waals surface area (Å²) < 4.78 is 143. The summed E-state index contributed by atoms with van der Waals surface area (Å²) in [4.78, 5) is 0. The highest BCUT2D eigenvalue weighted by molar-refractivity contribution is 4.86. The molecule has 6 N–H and O–H groups in total. The van der Waals surface area contributed by atoms with Crippen molar-refractivity contribution >= 4 is 0 Å². The lowest BCUT2D eigenvalue weighted by molar-refractivity contribution is -0.188. The van der Waals surface area contributed by atoms with Crippen LogP contribution in [0.3, 0.4) is 0 Å². The fourth-order valence-electron chi connectivity index (χ4n) is 4.49. The van der Waals surface area contributed by atoms with Gasteiger partial charge in [0.05, 0.1) is 35.9 Å². The van der Waals surface area contributed by atoms with Crippen LogP contribution in [0.15, 0.2) is 0 Å². The lowest BCUT2D eigenvalue weighted by Gasteiger charge is -2.17. The van der Waals surface area contributed by atoms with Crippen LogP contribution in [0.4, 0.5) is 52.7 Å². The summed E-state index contributed by atoms with van der Waals surface area (Å²) in [5.41, 5.74) is 0. The molecule has 4 rings (SSSR count). The van der Waals surface area contributed by atoms with Crippen LogP contribution in [0.25, 0.3) is 0 Å². The highest BCUT2D eigenvalue weighted by Crippen LogP contribution is 2.35. The van der Waals surface area contributed by atoms with Crippen LogP contribution < -0.4 is 21.3 Å². The average Bonchev–Trinajstić information content (AvgIpc) is 3.55. The Hall–Kier alpha value is -1.08. The fourth-order valence-corrected chi connectivity index (χ4v) is 4.49. The Morgan fingerprint density at radius 2 is 0.625 bits per heavy atom. The molecule has 0 radical (unpaired) electrons. The molecule has 4 heterocycles. The number of β-amino-alcohol motifs (C(OH)–C–C–N with tert-alkyl or cyclic N) is 2. The molecule has 0 amide bonds. The third-order valence-electron chi connectivity index (χ3n) is 7.08. The van der Waals surface area contributed by atoms with Crippen LogP contribution in [-0.2, 0) is 0 Å². The smallest absolute Gasteiger partial charge is 0.391 e. The zero-order chi connectivity index (χ0) is 31.1. The summed E-state index contributed by atoms with van der Waals surface area (Å²) in [6, 6.07) is 0. The van der Waals surface area contributed by atoms with E-state index in [1.165, 1.54) is 0 Å². The third-order valence-corrected chi connectivity index (χ3v) is 7.08. The van der Waals surface area contributed by atoms with Gasteiger partial charge in [-0.05, 0) is 24.9 Å². The molecular formula is C22H36F12N4O2. The molecule has 240 valence electrons. The van der Waals surface area contributed by atoms with Crippen LogP contribution in [0.5, 0.6) is 0 Å². The molecular weight excluding hydrogens is 580 g/mol. The van der Waals surface area contributed by atoms with Crippen LogP contribution in [-0.4, -0.2) is 99.5 Å². The molecule has 4 aliphatic heterocycles. The number of alkyl halides is 12. The van der Waals surface area contributed by atoms with E-state index in [0.29, 0.717) is 13.1 Å². The van der Waals surface area contributed by atoms with Crippen molar-refractivity contribution in [2.75, 3.05) is 52.4 Å². The minimum absolute atomic E-state index is 0.0458. The predicted molar refractivity (Wildman–Crippen MR) is 120 cm³/mol. The Morgan fingerprint density at radius 3 is 0.725 bits per heavy atom. The van der Waals surface area contributed by atoms with Crippen LogP contribution in [0, 0.1) is 35.5 Å². The molecule has 0 unspecified atom stereocenters. The number of aliphatic hydroxyl groups excluding tert-OH is 2. The molecule has 0 aromatic heterocycles. The first-order valence-electron chi connectivity index (χ1n) is 12.5. The molecule has 0 spiro atoms. The highest BCUT2D eigenvalue weighted by atomic mass is 19.4. The number of hydrogen-bond donors (Lipinski definition) is 6. The van der Waals surface area contributed by atoms with Crippen molar-refractivity contribution in [1.82, 2.24) is 21.3 Å². The minimum Gasteiger partial charge on any atom is -0.391 e. The number of aliphatic hydroxyl groups is 2. The van der Waals surface area contributed by atoms with Crippen LogP contribution in [0.1, 0.15) is 13.8 Å². The Balaban J connectivity index is 0.000000267. The van der Waals surface area contributed by atoms with Crippen molar-refractivity contribution in [3.63, 3.8) is 0 Å². The van der Waals surface area contributed by atoms with E-state index in [2.05, 4.69) is 21.3 Å². The van der Waals surface area contributed by atoms with Gasteiger partial charge in [-0.1, -0.05) is 13.8 Å². The van der Waals surface area contributed by atoms with E-state index in [-0.39, 0.29) is 51.1 Å². The van der Waals surface area contributed by atoms with Gasteiger partial charge in [-0.25, -0.2) is 0 Å². The summed E-state index contributed by atoms with van der Waals surface area (Å²) in [5, 5.41) is 27.8. The van der Waals surface area contributed by atoms with Gasteiger partial charge < -0.3 is 31.5 Å². The maximum atomic E-state index is 12.0. The van der Waals surface area contributed by atoms with Gasteiger partial charge in [0.2, 0.25) is 0 Å². The summed E-state index contributed by atoms with van der Waals surface area (Å²) in [5.74, 6) is -5.94. The van der Waals surface area contributed by atoms with E-state index in [9.17, 15) is 52.7 Å². The van der Waals surface area contributed by atoms with E-state index in [0.717, 1.165) is 0 Å². The van der Waals surface area contributed by atoms with Crippen molar-refractivity contribution in [2.45, 2.75) is 50.8 Å². The molecule has 18 heteroatoms. The van der Waals surface area contributed by atoms with Gasteiger partial charge in [0.15, 0.2) is 0 Å². The SMILES string of the molecule is C[C@@H]1CNC[C@H]1C(F)(F)F.C[C@H]1CNC[C@@H]1C(F)(F)F.O[C@@H]1CNC[C@H]1C(F)(F)F.O[C@H]1CNC[C@@H]1C(F)(F)F. The molecule has 0 aromatic carbocycles. The number of hydrogen-bond acceptors (Lipinski definition) is 6. The van der Waals surface area contributed by atoms with Crippen molar-refractivity contribution in [2.24, 2.45) is 35.5 Å². The van der Waals surface area contributed by atoms with Gasteiger partial charge in [-0.2, -0.15) is 52.7 Å². The minimum atomic E-state index is -4.26. The molecule has 6 nitrogen and oxygen atoms in total. The molecule has 4 saturated heterocycles. The Labute approximate surface area is 223 Å². The van der Waals surface area contributed by atoms with Gasteiger partial charge in [-0.3, -0.25) is 0 Å². The van der Waals surface area contributed by atoms with Gasteiger partial charge in [0, 0.05) is 39.3 Å². The number of nitrogens with one attached hydrogen (secondary N) is 4. The van der Waals surface area contributed by atoms with Crippen molar-refractivity contribution < 1.29 is 62.9 Å². The van der Waals surface area contributed by atoms with Crippen LogP contribution in [0.2, 0.25) is 0 Å². The predicted octanol–water partition coefficient (Wildman–Crippen LogP) is 3.07. The first kappa shape index (κ1) is 36.9. The van der Waals surface area contributed by atoms with E-state index in [1.54, 1.807) is 13.8 Å². The van der Waals surface area contributed by atoms with Crippen molar-refractivity contribution in [1.29, 1.82) is 0 Å². The monoisotopic (exact) mass is 616 g/mol. The summed E-state index contributed by atoms with van der Waals surface area (Å²) in [6.45, 7) is 4.17. The first-order valence-corrected chi connectivity index (χ1v) is 12.5. The molecule has 0 saturated carbocycles. The third kappa shape index (κ3) is 12.0. The first-order chi connectivity index (χ1) is 18.1. The summed E-state index contributed by atoms with van der Waals surface area (Å²) in [7, 11) is 0. The Bertz CT molecular complexity index is 613. The maximum absolute atomic E-state index is 12.0. The molecule has 4 fully saturated rings. The summed E-state index contributed by atoms with van der Waals surface area (Å²) in [6.07, 6.45) is -19.1. The standard InChI is InChI=1S/2C6H10F3N.2C5H8F3NO/c2*1-4-2-10-3-5(4)6(7,8)9;2*6-5(7,8)3-1-9-2-4(3)10/h2*4-5,10H,2-3H2,1H3;2*3-4,9-10H,1-2H2/t2*4-,5-;2*3-,4-/m1010/s1. The van der Waals surface area contributed by atoms with E-state index >= 15 is 0 Å². The molecule has 4 aliphatic rings. The zero-order valence-corrected chi connectivity index (χ0v) is 21.7. The normalized spacial score (nSPS) is 34.8. The molecule has 0 bridgehead atoms. The Morgan fingerprint density at radius 1 is 0.400 bits per heavy atom. The van der Waals surface area contributed by atoms with Gasteiger partial charge in [0.25, 0.3) is 0 Å². The lowest BCUT2D eigenvalue weighted by Crippen LogP contribution is -2.32.